The van der Waals surface area contributed by atoms with Gasteiger partial charge in [-0.3, -0.25) is 10.9 Å². The van der Waals surface area contributed by atoms with Crippen LogP contribution in [0.25, 0.3) is 0 Å². The van der Waals surface area contributed by atoms with Crippen LogP contribution in [0, 0.1) is 13.8 Å². The van der Waals surface area contributed by atoms with E-state index in [1.807, 2.05) is 32.0 Å². The molecule has 0 spiro atoms. The summed E-state index contributed by atoms with van der Waals surface area (Å²) >= 11 is 5.30. The van der Waals surface area contributed by atoms with Crippen molar-refractivity contribution in [2.75, 3.05) is 10.7 Å². The van der Waals surface area contributed by atoms with Gasteiger partial charge in [0.15, 0.2) is 5.11 Å². The molecule has 0 aliphatic heterocycles. The first-order chi connectivity index (χ1) is 16.6. The molecule has 3 aromatic rings. The maximum absolute atomic E-state index is 12.6. The van der Waals surface area contributed by atoms with Crippen LogP contribution in [0.1, 0.15) is 29.2 Å². The normalized spacial score (nSPS) is 11.9. The molecule has 0 saturated carbocycles. The van der Waals surface area contributed by atoms with Gasteiger partial charge < -0.3 is 10.1 Å². The van der Waals surface area contributed by atoms with E-state index in [9.17, 15) is 13.2 Å². The minimum absolute atomic E-state index is 0.234. The molecule has 0 aromatic heterocycles. The lowest BCUT2D eigenvalue weighted by atomic mass is 10.1. The summed E-state index contributed by atoms with van der Waals surface area (Å²) < 4.78 is 42.0. The Morgan fingerprint density at radius 1 is 0.943 bits per heavy atom. The number of para-hydroxylation sites is 2. The number of aryl methyl sites for hydroxylation is 2. The van der Waals surface area contributed by atoms with Crippen LogP contribution in [0.3, 0.4) is 0 Å². The van der Waals surface area contributed by atoms with Gasteiger partial charge >= 0.3 is 6.36 Å². The lowest BCUT2D eigenvalue weighted by molar-refractivity contribution is -0.274. The number of halogens is 3. The summed E-state index contributed by atoms with van der Waals surface area (Å²) in [5, 5.41) is 11.8. The van der Waals surface area contributed by atoms with Gasteiger partial charge in [0, 0.05) is 11.3 Å². The highest BCUT2D eigenvalue weighted by molar-refractivity contribution is 7.80. The summed E-state index contributed by atoms with van der Waals surface area (Å²) in [6.07, 6.45) is -3.17. The Morgan fingerprint density at radius 3 is 2.26 bits per heavy atom. The second-order valence-corrected chi connectivity index (χ2v) is 7.97. The average Bonchev–Trinajstić information content (AvgIpc) is 2.80. The molecular weight excluding hydrogens is 475 g/mol. The third kappa shape index (κ3) is 7.82. The van der Waals surface area contributed by atoms with Gasteiger partial charge in [-0.25, -0.2) is 0 Å². The maximum Gasteiger partial charge on any atom is 0.573 e. The van der Waals surface area contributed by atoms with Crippen molar-refractivity contribution in [2.45, 2.75) is 27.1 Å². The fraction of sp³-hybridized carbons (Fsp3) is 0.160. The molecule has 10 heteroatoms. The minimum atomic E-state index is -4.78. The first-order valence-corrected chi connectivity index (χ1v) is 10.9. The van der Waals surface area contributed by atoms with Crippen LogP contribution >= 0.6 is 12.2 Å². The van der Waals surface area contributed by atoms with Crippen LogP contribution in [0.4, 0.5) is 24.5 Å². The molecule has 0 atom stereocenters. The van der Waals surface area contributed by atoms with E-state index in [1.54, 1.807) is 43.5 Å². The molecule has 0 bridgehead atoms. The van der Waals surface area contributed by atoms with E-state index in [2.05, 4.69) is 31.1 Å². The fourth-order valence-electron chi connectivity index (χ4n) is 3.15. The molecule has 3 rings (SSSR count). The summed E-state index contributed by atoms with van der Waals surface area (Å²) in [4.78, 5) is 0. The van der Waals surface area contributed by atoms with Crippen LogP contribution in [0.2, 0.25) is 0 Å². The van der Waals surface area contributed by atoms with E-state index in [0.717, 1.165) is 22.4 Å². The highest BCUT2D eigenvalue weighted by Crippen LogP contribution is 2.26. The molecule has 0 aliphatic rings. The Labute approximate surface area is 206 Å². The van der Waals surface area contributed by atoms with Crippen molar-refractivity contribution in [2.24, 2.45) is 10.2 Å². The van der Waals surface area contributed by atoms with Gasteiger partial charge in [0.05, 0.1) is 17.6 Å². The van der Waals surface area contributed by atoms with Crippen molar-refractivity contribution >= 4 is 40.6 Å². The quantitative estimate of drug-likeness (QED) is 0.201. The number of nitrogens with one attached hydrogen (secondary N) is 3. The molecule has 0 amide bonds. The zero-order chi connectivity index (χ0) is 25.4. The van der Waals surface area contributed by atoms with Gasteiger partial charge in [-0.1, -0.05) is 42.5 Å². The van der Waals surface area contributed by atoms with Gasteiger partial charge in [-0.05, 0) is 73.9 Å². The van der Waals surface area contributed by atoms with Gasteiger partial charge in [-0.15, -0.1) is 13.2 Å². The van der Waals surface area contributed by atoms with Crippen molar-refractivity contribution < 1.29 is 17.9 Å². The van der Waals surface area contributed by atoms with Crippen molar-refractivity contribution in [1.82, 2.24) is 5.43 Å². The SMILES string of the molecule is C/C(=N\Nc1ccc(/C=N/NC(=S)Nc2c(C)cccc2C)cc1)c1ccccc1OC(F)(F)F. The number of ether oxygens (including phenoxy) is 1. The molecule has 0 radical (unpaired) electrons. The number of alkyl halides is 3. The highest BCUT2D eigenvalue weighted by Gasteiger charge is 2.32. The van der Waals surface area contributed by atoms with E-state index in [-0.39, 0.29) is 11.3 Å². The zero-order valence-corrected chi connectivity index (χ0v) is 20.1. The van der Waals surface area contributed by atoms with E-state index in [0.29, 0.717) is 16.5 Å². The molecular formula is C25H24F3N5OS. The van der Waals surface area contributed by atoms with Gasteiger partial charge in [-0.2, -0.15) is 10.2 Å². The molecule has 0 unspecified atom stereocenters. The van der Waals surface area contributed by atoms with Crippen LogP contribution in [0.5, 0.6) is 5.75 Å². The monoisotopic (exact) mass is 499 g/mol. The zero-order valence-electron chi connectivity index (χ0n) is 19.3. The van der Waals surface area contributed by atoms with Crippen LogP contribution < -0.4 is 20.9 Å². The van der Waals surface area contributed by atoms with Crippen molar-refractivity contribution in [1.29, 1.82) is 0 Å². The molecule has 3 aromatic carbocycles. The summed E-state index contributed by atoms with van der Waals surface area (Å²) in [6, 6.07) is 19.0. The Hall–Kier alpha value is -3.92. The molecule has 3 N–H and O–H groups in total. The molecule has 0 saturated heterocycles. The second kappa shape index (κ2) is 11.5. The third-order valence-electron chi connectivity index (χ3n) is 4.87. The van der Waals surface area contributed by atoms with Crippen molar-refractivity contribution in [3.05, 3.63) is 89.0 Å². The number of hydrazone groups is 2. The van der Waals surface area contributed by atoms with Gasteiger partial charge in [0.1, 0.15) is 5.75 Å². The lowest BCUT2D eigenvalue weighted by Gasteiger charge is -2.13. The predicted molar refractivity (Wildman–Crippen MR) is 138 cm³/mol. The average molecular weight is 500 g/mol. The highest BCUT2D eigenvalue weighted by atomic mass is 32.1. The largest absolute Gasteiger partial charge is 0.573 e. The molecule has 6 nitrogen and oxygen atoms in total. The Morgan fingerprint density at radius 2 is 1.60 bits per heavy atom. The fourth-order valence-corrected chi connectivity index (χ4v) is 3.30. The van der Waals surface area contributed by atoms with E-state index in [4.69, 9.17) is 12.2 Å². The van der Waals surface area contributed by atoms with Gasteiger partial charge in [0.2, 0.25) is 0 Å². The van der Waals surface area contributed by atoms with Crippen LogP contribution in [-0.2, 0) is 0 Å². The standard InChI is InChI=1S/C25H24F3N5OS/c1-16-7-6-8-17(2)23(16)30-24(35)33-29-15-19-11-13-20(14-12-19)32-31-18(3)21-9-4-5-10-22(21)34-25(26,27)28/h4-15,32H,1-3H3,(H2,30,33,35)/b29-15+,31-18+. The van der Waals surface area contributed by atoms with Gasteiger partial charge in [0.25, 0.3) is 0 Å². The Balaban J connectivity index is 1.57. The number of rotatable bonds is 7. The Bertz CT molecular complexity index is 1220. The number of hydrogen-bond acceptors (Lipinski definition) is 5. The number of thiocarbonyl (C=S) groups is 1. The number of hydrogen-bond donors (Lipinski definition) is 3. The van der Waals surface area contributed by atoms with Crippen molar-refractivity contribution in [3.8, 4) is 5.75 Å². The summed E-state index contributed by atoms with van der Waals surface area (Å²) in [5.74, 6) is -0.313. The number of anilines is 2. The molecule has 35 heavy (non-hydrogen) atoms. The first-order valence-electron chi connectivity index (χ1n) is 10.5. The van der Waals surface area contributed by atoms with E-state index < -0.39 is 6.36 Å². The number of benzene rings is 3. The summed E-state index contributed by atoms with van der Waals surface area (Å²) in [6.45, 7) is 5.59. The predicted octanol–water partition coefficient (Wildman–Crippen LogP) is 6.36. The maximum atomic E-state index is 12.6. The van der Waals surface area contributed by atoms with E-state index >= 15 is 0 Å². The summed E-state index contributed by atoms with van der Waals surface area (Å²) in [5.41, 5.74) is 10.8. The molecule has 0 aliphatic carbocycles. The molecule has 182 valence electrons. The Kier molecular flexibility index (Phi) is 8.43. The second-order valence-electron chi connectivity index (χ2n) is 7.57. The smallest absolute Gasteiger partial charge is 0.405 e. The van der Waals surface area contributed by atoms with Crippen molar-refractivity contribution in [3.63, 3.8) is 0 Å². The molecule has 0 fully saturated rings. The van der Waals surface area contributed by atoms with Crippen LogP contribution in [0.15, 0.2) is 76.9 Å². The first kappa shape index (κ1) is 25.7. The van der Waals surface area contributed by atoms with Crippen LogP contribution in [-0.4, -0.2) is 23.4 Å². The summed E-state index contributed by atoms with van der Waals surface area (Å²) in [7, 11) is 0. The molecule has 0 heterocycles. The third-order valence-corrected chi connectivity index (χ3v) is 5.06. The minimum Gasteiger partial charge on any atom is -0.405 e. The number of nitrogens with zero attached hydrogens (tertiary/aromatic N) is 2. The topological polar surface area (TPSA) is 70.0 Å². The lowest BCUT2D eigenvalue weighted by Crippen LogP contribution is -2.24. The van der Waals surface area contributed by atoms with E-state index in [1.165, 1.54) is 18.2 Å².